The molecule has 4 rings (SSSR count). The summed E-state index contributed by atoms with van der Waals surface area (Å²) in [5.41, 5.74) is -2.60. The fourth-order valence-corrected chi connectivity index (χ4v) is 6.70. The number of ether oxygens (including phenoxy) is 4. The Labute approximate surface area is 314 Å². The second-order valence-corrected chi connectivity index (χ2v) is 16.1. The molecule has 0 bridgehead atoms. The lowest BCUT2D eigenvalue weighted by Crippen LogP contribution is -2.71. The third kappa shape index (κ3) is 10.1. The average Bonchev–Trinajstić information content (AvgIpc) is 3.51. The Morgan fingerprint density at radius 1 is 1.02 bits per heavy atom. The summed E-state index contributed by atoms with van der Waals surface area (Å²) in [4.78, 5) is 76.8. The summed E-state index contributed by atoms with van der Waals surface area (Å²) in [6, 6.07) is 5.84. The molecule has 282 valence electrons. The van der Waals surface area contributed by atoms with Gasteiger partial charge >= 0.3 is 18.0 Å². The molecule has 1 aromatic carbocycles. The van der Waals surface area contributed by atoms with Gasteiger partial charge in [0.05, 0.1) is 7.11 Å². The molecule has 2 aliphatic heterocycles. The Balaban J connectivity index is 1.54. The topological polar surface area (TPSA) is 197 Å². The number of carbonyl (C=O) groups excluding carboxylic acids is 5. The highest BCUT2D eigenvalue weighted by Gasteiger charge is 2.54. The molecule has 16 nitrogen and oxygen atoms in total. The molecule has 3 heterocycles. The van der Waals surface area contributed by atoms with Crippen molar-refractivity contribution in [3.8, 4) is 5.75 Å². The van der Waals surface area contributed by atoms with Gasteiger partial charge in [-0.05, 0) is 78.7 Å². The highest BCUT2D eigenvalue weighted by atomic mass is 35.5. The van der Waals surface area contributed by atoms with E-state index in [0.29, 0.717) is 22.6 Å². The minimum Gasteiger partial charge on any atom is -0.497 e. The van der Waals surface area contributed by atoms with E-state index in [1.54, 1.807) is 72.9 Å². The summed E-state index contributed by atoms with van der Waals surface area (Å²) in [7, 11) is 1.54. The van der Waals surface area contributed by atoms with Crippen LogP contribution < -0.4 is 15.4 Å². The number of nitrogens with zero attached hydrogens (tertiary/aromatic N) is 4. The van der Waals surface area contributed by atoms with Crippen LogP contribution in [0.4, 0.5) is 9.93 Å². The first kappa shape index (κ1) is 40.4. The van der Waals surface area contributed by atoms with Gasteiger partial charge in [-0.1, -0.05) is 17.3 Å². The van der Waals surface area contributed by atoms with E-state index < -0.39 is 63.8 Å². The number of hydrogen-bond acceptors (Lipinski definition) is 15. The average molecular weight is 781 g/mol. The van der Waals surface area contributed by atoms with Gasteiger partial charge in [-0.25, -0.2) is 14.4 Å². The summed E-state index contributed by atoms with van der Waals surface area (Å²) in [5.74, 6) is -2.41. The largest absolute Gasteiger partial charge is 0.497 e. The van der Waals surface area contributed by atoms with Gasteiger partial charge < -0.3 is 29.1 Å². The van der Waals surface area contributed by atoms with E-state index in [-0.39, 0.29) is 29.1 Å². The van der Waals surface area contributed by atoms with E-state index in [1.807, 2.05) is 0 Å². The van der Waals surface area contributed by atoms with Gasteiger partial charge in [-0.3, -0.25) is 19.8 Å². The smallest absolute Gasteiger partial charge is 0.414 e. The van der Waals surface area contributed by atoms with Crippen molar-refractivity contribution in [3.05, 3.63) is 46.9 Å². The SMILES string of the molecule is COc1ccc(COC(=O)C2=C(CCl)CSC3[C@H](NC(=O)/C(=N\OC(C)(C)C(=O)OC(C)(C)C)c4nsc(NC(=O)OC(C)(C)C)n4)C(=O)N23)cc1. The number of fused-ring (bicyclic) bond motifs is 1. The van der Waals surface area contributed by atoms with E-state index in [9.17, 15) is 24.0 Å². The molecule has 0 spiro atoms. The molecule has 1 unspecified atom stereocenters. The number of β-lactam (4-membered cyclic amide) rings is 1. The van der Waals surface area contributed by atoms with Crippen molar-refractivity contribution < 1.29 is 47.8 Å². The van der Waals surface area contributed by atoms with Crippen LogP contribution in [0.25, 0.3) is 0 Å². The minimum atomic E-state index is -1.67. The van der Waals surface area contributed by atoms with Gasteiger partial charge in [0, 0.05) is 23.2 Å². The Morgan fingerprint density at radius 3 is 2.27 bits per heavy atom. The van der Waals surface area contributed by atoms with Gasteiger partial charge in [-0.15, -0.1) is 23.4 Å². The molecule has 2 aliphatic rings. The number of benzene rings is 1. The second-order valence-electron chi connectivity index (χ2n) is 14.0. The van der Waals surface area contributed by atoms with Crippen LogP contribution >= 0.6 is 34.9 Å². The van der Waals surface area contributed by atoms with Crippen LogP contribution in [0, 0.1) is 0 Å². The zero-order chi connectivity index (χ0) is 38.6. The van der Waals surface area contributed by atoms with Crippen LogP contribution in [-0.4, -0.2) is 96.8 Å². The third-order valence-electron chi connectivity index (χ3n) is 6.93. The molecule has 0 saturated carbocycles. The van der Waals surface area contributed by atoms with Crippen molar-refractivity contribution in [1.29, 1.82) is 0 Å². The van der Waals surface area contributed by atoms with Crippen molar-refractivity contribution in [2.24, 2.45) is 5.16 Å². The summed E-state index contributed by atoms with van der Waals surface area (Å²) in [5, 5.41) is 8.29. The highest BCUT2D eigenvalue weighted by Crippen LogP contribution is 2.41. The van der Waals surface area contributed by atoms with Gasteiger partial charge in [-0.2, -0.15) is 9.36 Å². The zero-order valence-electron chi connectivity index (χ0n) is 30.2. The number of esters is 2. The van der Waals surface area contributed by atoms with Crippen LogP contribution in [0.5, 0.6) is 5.75 Å². The zero-order valence-corrected chi connectivity index (χ0v) is 32.5. The van der Waals surface area contributed by atoms with E-state index >= 15 is 0 Å². The monoisotopic (exact) mass is 780 g/mol. The predicted octanol–water partition coefficient (Wildman–Crippen LogP) is 4.37. The maximum atomic E-state index is 13.8. The van der Waals surface area contributed by atoms with Gasteiger partial charge in [0.2, 0.25) is 22.3 Å². The number of halogens is 1. The number of alkyl halides is 1. The number of nitrogens with one attached hydrogen (secondary N) is 2. The maximum absolute atomic E-state index is 13.8. The number of aromatic nitrogens is 2. The Hall–Kier alpha value is -4.42. The number of carbonyl (C=O) groups is 5. The molecule has 2 aromatic rings. The van der Waals surface area contributed by atoms with Crippen LogP contribution in [0.2, 0.25) is 0 Å². The molecule has 2 atom stereocenters. The molecular formula is C33H41ClN6O10S2. The number of amides is 3. The Kier molecular flexibility index (Phi) is 12.5. The van der Waals surface area contributed by atoms with Crippen LogP contribution in [0.3, 0.4) is 0 Å². The van der Waals surface area contributed by atoms with E-state index in [1.165, 1.54) is 30.5 Å². The molecule has 1 saturated heterocycles. The fraction of sp³-hybridized carbons (Fsp3) is 0.515. The standard InChI is InChI=1S/C33H41ClN6O10S2/c1-31(2,3)48-28(44)33(7,8)50-38-20(23-36-29(52-39-23)37-30(45)49-32(4,5)6)24(41)35-21-25(42)40-22(18(14-34)16-51-26(21)40)27(43)47-15-17-10-12-19(46-9)13-11-17/h10-13,21,26H,14-16H2,1-9H3,(H,35,41)(H,36,37,39,45)/b38-20-/t21-,26?/m1/s1. The van der Waals surface area contributed by atoms with E-state index in [4.69, 9.17) is 35.4 Å². The highest BCUT2D eigenvalue weighted by molar-refractivity contribution is 8.00. The van der Waals surface area contributed by atoms with Crippen molar-refractivity contribution >= 4 is 75.6 Å². The summed E-state index contributed by atoms with van der Waals surface area (Å²) in [6.07, 6.45) is -0.808. The fourth-order valence-electron chi connectivity index (χ4n) is 4.47. The minimum absolute atomic E-state index is 0.0121. The quantitative estimate of drug-likeness (QED) is 0.0770. The lowest BCUT2D eigenvalue weighted by molar-refractivity contribution is -0.179. The lowest BCUT2D eigenvalue weighted by atomic mass is 10.0. The predicted molar refractivity (Wildman–Crippen MR) is 193 cm³/mol. The lowest BCUT2D eigenvalue weighted by Gasteiger charge is -2.49. The number of methoxy groups -OCH3 is 1. The summed E-state index contributed by atoms with van der Waals surface area (Å²) < 4.78 is 25.5. The number of hydrogen-bond donors (Lipinski definition) is 2. The van der Waals surface area contributed by atoms with Gasteiger partial charge in [0.25, 0.3) is 11.8 Å². The molecule has 19 heteroatoms. The summed E-state index contributed by atoms with van der Waals surface area (Å²) >= 11 is 8.19. The van der Waals surface area contributed by atoms with E-state index in [2.05, 4.69) is 25.1 Å². The molecule has 1 aromatic heterocycles. The number of anilines is 1. The summed E-state index contributed by atoms with van der Waals surface area (Å²) in [6.45, 7) is 12.8. The van der Waals surface area contributed by atoms with Crippen molar-refractivity contribution in [3.63, 3.8) is 0 Å². The molecular weight excluding hydrogens is 740 g/mol. The first-order chi connectivity index (χ1) is 24.2. The third-order valence-corrected chi connectivity index (χ3v) is 9.23. The van der Waals surface area contributed by atoms with Gasteiger partial charge in [0.15, 0.2) is 0 Å². The molecule has 0 aliphatic carbocycles. The first-order valence-corrected chi connectivity index (χ1v) is 18.3. The van der Waals surface area contributed by atoms with E-state index in [0.717, 1.165) is 11.5 Å². The van der Waals surface area contributed by atoms with Crippen LogP contribution in [-0.2, 0) is 44.8 Å². The molecule has 1 fully saturated rings. The maximum Gasteiger partial charge on any atom is 0.414 e. The van der Waals surface area contributed by atoms with Crippen LogP contribution in [0.15, 0.2) is 40.7 Å². The Morgan fingerprint density at radius 2 is 1.67 bits per heavy atom. The van der Waals surface area contributed by atoms with Crippen molar-refractivity contribution in [2.75, 3.05) is 24.1 Å². The number of rotatable bonds is 12. The van der Waals surface area contributed by atoms with Crippen molar-refractivity contribution in [2.45, 2.75) is 90.2 Å². The first-order valence-electron chi connectivity index (χ1n) is 15.9. The molecule has 52 heavy (non-hydrogen) atoms. The van der Waals surface area contributed by atoms with Crippen LogP contribution in [0.1, 0.15) is 66.8 Å². The number of thioether (sulfide) groups is 1. The second kappa shape index (κ2) is 16.1. The van der Waals surface area contributed by atoms with Crippen molar-refractivity contribution in [1.82, 2.24) is 19.6 Å². The molecule has 2 N–H and O–H groups in total. The normalized spacial score (nSPS) is 17.8. The van der Waals surface area contributed by atoms with Gasteiger partial charge in [0.1, 0.15) is 40.7 Å². The Bertz CT molecular complexity index is 1760. The number of oxime groups is 1. The molecule has 0 radical (unpaired) electrons. The molecule has 3 amide bonds.